The van der Waals surface area contributed by atoms with Crippen LogP contribution in [0.4, 0.5) is 0 Å². The second-order valence-corrected chi connectivity index (χ2v) is 6.25. The SMILES string of the molecule is CCc1nc(COc2ccc(C(=O)NCC(CC)(CC)C(=O)O)cc2)no1. The van der Waals surface area contributed by atoms with Crippen LogP contribution in [0.25, 0.3) is 0 Å². The Labute approximate surface area is 157 Å². The number of carboxylic acid groups (broad SMARTS) is 1. The van der Waals surface area contributed by atoms with E-state index in [9.17, 15) is 14.7 Å². The molecular formula is C19H25N3O5. The Kier molecular flexibility index (Phi) is 6.92. The average Bonchev–Trinajstić information content (AvgIpc) is 3.15. The summed E-state index contributed by atoms with van der Waals surface area (Å²) in [5, 5.41) is 15.9. The Bertz CT molecular complexity index is 766. The molecule has 27 heavy (non-hydrogen) atoms. The topological polar surface area (TPSA) is 115 Å². The normalized spacial score (nSPS) is 11.2. The van der Waals surface area contributed by atoms with Crippen LogP contribution in [0.1, 0.15) is 55.7 Å². The molecule has 0 fully saturated rings. The van der Waals surface area contributed by atoms with Crippen molar-refractivity contribution in [2.75, 3.05) is 6.54 Å². The minimum Gasteiger partial charge on any atom is -0.485 e. The summed E-state index contributed by atoms with van der Waals surface area (Å²) < 4.78 is 10.6. The van der Waals surface area contributed by atoms with E-state index in [4.69, 9.17) is 9.26 Å². The van der Waals surface area contributed by atoms with Crippen molar-refractivity contribution in [3.8, 4) is 5.75 Å². The zero-order valence-corrected chi connectivity index (χ0v) is 15.8. The molecule has 0 saturated heterocycles. The largest absolute Gasteiger partial charge is 0.485 e. The first-order chi connectivity index (χ1) is 12.9. The second-order valence-electron chi connectivity index (χ2n) is 6.25. The number of carbonyl (C=O) groups is 2. The third-order valence-corrected chi connectivity index (χ3v) is 4.69. The van der Waals surface area contributed by atoms with Gasteiger partial charge in [-0.3, -0.25) is 9.59 Å². The van der Waals surface area contributed by atoms with E-state index in [-0.39, 0.29) is 19.1 Å². The lowest BCUT2D eigenvalue weighted by atomic mass is 9.82. The van der Waals surface area contributed by atoms with Crippen molar-refractivity contribution in [1.29, 1.82) is 0 Å². The lowest BCUT2D eigenvalue weighted by Crippen LogP contribution is -2.42. The Hall–Kier alpha value is -2.90. The number of rotatable bonds is 10. The van der Waals surface area contributed by atoms with Gasteiger partial charge in [0.25, 0.3) is 5.91 Å². The van der Waals surface area contributed by atoms with Gasteiger partial charge in [0.1, 0.15) is 5.75 Å². The van der Waals surface area contributed by atoms with Gasteiger partial charge in [0.15, 0.2) is 6.61 Å². The number of carbonyl (C=O) groups excluding carboxylic acids is 1. The van der Waals surface area contributed by atoms with Crippen molar-refractivity contribution in [2.24, 2.45) is 5.41 Å². The number of aliphatic carboxylic acids is 1. The molecule has 0 aliphatic heterocycles. The first kappa shape index (κ1) is 20.4. The predicted octanol–water partition coefficient (Wildman–Crippen LogP) is 2.83. The number of hydrogen-bond acceptors (Lipinski definition) is 6. The van der Waals surface area contributed by atoms with Gasteiger partial charge in [-0.2, -0.15) is 4.98 Å². The molecule has 0 bridgehead atoms. The maximum Gasteiger partial charge on any atom is 0.311 e. The highest BCUT2D eigenvalue weighted by Crippen LogP contribution is 2.26. The highest BCUT2D eigenvalue weighted by atomic mass is 16.5. The number of nitrogens with zero attached hydrogens (tertiary/aromatic N) is 2. The van der Waals surface area contributed by atoms with Crippen LogP contribution in [-0.2, 0) is 17.8 Å². The Morgan fingerprint density at radius 1 is 1.19 bits per heavy atom. The Balaban J connectivity index is 1.91. The highest BCUT2D eigenvalue weighted by molar-refractivity contribution is 5.94. The van der Waals surface area contributed by atoms with Gasteiger partial charge in [0, 0.05) is 18.5 Å². The molecule has 146 valence electrons. The second kappa shape index (κ2) is 9.16. The number of aryl methyl sites for hydroxylation is 1. The molecule has 0 saturated carbocycles. The van der Waals surface area contributed by atoms with Crippen LogP contribution in [0.15, 0.2) is 28.8 Å². The highest BCUT2D eigenvalue weighted by Gasteiger charge is 2.35. The van der Waals surface area contributed by atoms with Gasteiger partial charge in [-0.1, -0.05) is 25.9 Å². The molecule has 0 atom stereocenters. The third-order valence-electron chi connectivity index (χ3n) is 4.69. The zero-order chi connectivity index (χ0) is 19.9. The monoisotopic (exact) mass is 375 g/mol. The maximum absolute atomic E-state index is 12.3. The predicted molar refractivity (Wildman–Crippen MR) is 97.4 cm³/mol. The summed E-state index contributed by atoms with van der Waals surface area (Å²) in [6.45, 7) is 5.79. The standard InChI is InChI=1S/C19H25N3O5/c1-4-16-21-15(22-27-16)11-26-14-9-7-13(8-10-14)17(23)20-12-19(5-2,6-3)18(24)25/h7-10H,4-6,11-12H2,1-3H3,(H,20,23)(H,24,25). The van der Waals surface area contributed by atoms with Crippen LogP contribution in [0, 0.1) is 5.41 Å². The molecule has 1 amide bonds. The molecule has 0 aliphatic carbocycles. The van der Waals surface area contributed by atoms with Crippen LogP contribution >= 0.6 is 0 Å². The van der Waals surface area contributed by atoms with Crippen molar-refractivity contribution in [3.63, 3.8) is 0 Å². The smallest absolute Gasteiger partial charge is 0.311 e. The molecule has 2 rings (SSSR count). The van der Waals surface area contributed by atoms with Crippen LogP contribution in [0.3, 0.4) is 0 Å². The van der Waals surface area contributed by atoms with E-state index in [1.54, 1.807) is 24.3 Å². The van der Waals surface area contributed by atoms with Crippen molar-refractivity contribution in [1.82, 2.24) is 15.5 Å². The number of nitrogens with one attached hydrogen (secondary N) is 1. The minimum absolute atomic E-state index is 0.0873. The summed E-state index contributed by atoms with van der Waals surface area (Å²) >= 11 is 0. The van der Waals surface area contributed by atoms with Crippen molar-refractivity contribution in [3.05, 3.63) is 41.5 Å². The number of aromatic nitrogens is 2. The summed E-state index contributed by atoms with van der Waals surface area (Å²) in [5.41, 5.74) is -0.512. The number of carboxylic acids is 1. The lowest BCUT2D eigenvalue weighted by Gasteiger charge is -2.26. The zero-order valence-electron chi connectivity index (χ0n) is 15.8. The molecular weight excluding hydrogens is 350 g/mol. The summed E-state index contributed by atoms with van der Waals surface area (Å²) in [6.07, 6.45) is 1.56. The molecule has 0 spiro atoms. The van der Waals surface area contributed by atoms with E-state index in [1.807, 2.05) is 20.8 Å². The molecule has 8 heteroatoms. The molecule has 2 N–H and O–H groups in total. The van der Waals surface area contributed by atoms with E-state index < -0.39 is 11.4 Å². The van der Waals surface area contributed by atoms with Gasteiger partial charge in [0.2, 0.25) is 11.7 Å². The summed E-state index contributed by atoms with van der Waals surface area (Å²) in [6, 6.07) is 6.58. The van der Waals surface area contributed by atoms with E-state index in [1.165, 1.54) is 0 Å². The van der Waals surface area contributed by atoms with Gasteiger partial charge >= 0.3 is 5.97 Å². The number of ether oxygens (including phenoxy) is 1. The summed E-state index contributed by atoms with van der Waals surface area (Å²) in [4.78, 5) is 27.9. The molecule has 1 aromatic heterocycles. The molecule has 0 aliphatic rings. The average molecular weight is 375 g/mol. The van der Waals surface area contributed by atoms with E-state index in [0.29, 0.717) is 42.3 Å². The molecule has 1 heterocycles. The number of hydrogen-bond donors (Lipinski definition) is 2. The Morgan fingerprint density at radius 3 is 2.37 bits per heavy atom. The molecule has 0 radical (unpaired) electrons. The minimum atomic E-state index is -0.944. The molecule has 2 aromatic rings. The van der Waals surface area contributed by atoms with E-state index in [2.05, 4.69) is 15.5 Å². The Morgan fingerprint density at radius 2 is 1.85 bits per heavy atom. The fourth-order valence-corrected chi connectivity index (χ4v) is 2.57. The van der Waals surface area contributed by atoms with Gasteiger partial charge < -0.3 is 19.7 Å². The first-order valence-corrected chi connectivity index (χ1v) is 9.00. The quantitative estimate of drug-likeness (QED) is 0.656. The first-order valence-electron chi connectivity index (χ1n) is 9.00. The van der Waals surface area contributed by atoms with Crippen molar-refractivity contribution >= 4 is 11.9 Å². The van der Waals surface area contributed by atoms with Gasteiger partial charge in [-0.15, -0.1) is 0 Å². The van der Waals surface area contributed by atoms with Gasteiger partial charge in [-0.25, -0.2) is 0 Å². The molecule has 8 nitrogen and oxygen atoms in total. The van der Waals surface area contributed by atoms with Crippen LogP contribution in [0.2, 0.25) is 0 Å². The fraction of sp³-hybridized carbons (Fsp3) is 0.474. The van der Waals surface area contributed by atoms with E-state index >= 15 is 0 Å². The van der Waals surface area contributed by atoms with Gasteiger partial charge in [0.05, 0.1) is 5.41 Å². The third kappa shape index (κ3) is 5.06. The fourth-order valence-electron chi connectivity index (χ4n) is 2.57. The summed E-state index contributed by atoms with van der Waals surface area (Å²) in [7, 11) is 0. The van der Waals surface area contributed by atoms with Crippen molar-refractivity contribution < 1.29 is 24.0 Å². The van der Waals surface area contributed by atoms with E-state index in [0.717, 1.165) is 0 Å². The van der Waals surface area contributed by atoms with Crippen LogP contribution in [0.5, 0.6) is 5.75 Å². The molecule has 0 unspecified atom stereocenters. The van der Waals surface area contributed by atoms with Gasteiger partial charge in [-0.05, 0) is 37.1 Å². The maximum atomic E-state index is 12.3. The van der Waals surface area contributed by atoms with Crippen molar-refractivity contribution in [2.45, 2.75) is 46.6 Å². The van der Waals surface area contributed by atoms with Crippen LogP contribution < -0.4 is 10.1 Å². The summed E-state index contributed by atoms with van der Waals surface area (Å²) in [5.74, 6) is 0.357. The lowest BCUT2D eigenvalue weighted by molar-refractivity contribution is -0.149. The van der Waals surface area contributed by atoms with Crippen LogP contribution in [-0.4, -0.2) is 33.7 Å². The number of benzene rings is 1. The molecule has 1 aromatic carbocycles. The number of amides is 1.